The van der Waals surface area contributed by atoms with Gasteiger partial charge in [0.05, 0.1) is 17.0 Å². The molecule has 0 unspecified atom stereocenters. The van der Waals surface area contributed by atoms with Gasteiger partial charge in [0.2, 0.25) is 0 Å². The van der Waals surface area contributed by atoms with Gasteiger partial charge in [0.15, 0.2) is 0 Å². The molecule has 0 bridgehead atoms. The molecule has 0 radical (unpaired) electrons. The summed E-state index contributed by atoms with van der Waals surface area (Å²) in [6.07, 6.45) is 0. The van der Waals surface area contributed by atoms with Crippen molar-refractivity contribution in [1.29, 1.82) is 0 Å². The lowest BCUT2D eigenvalue weighted by Crippen LogP contribution is -1.97. The second kappa shape index (κ2) is 7.49. The second-order valence-corrected chi connectivity index (χ2v) is 6.74. The maximum Gasteiger partial charge on any atom is 0.335 e. The lowest BCUT2D eigenvalue weighted by Gasteiger charge is -2.11. The van der Waals surface area contributed by atoms with E-state index in [9.17, 15) is 9.90 Å². The monoisotopic (exact) mass is 365 g/mol. The molecule has 1 heterocycles. The van der Waals surface area contributed by atoms with Crippen LogP contribution in [-0.2, 0) is 0 Å². The fourth-order valence-corrected chi connectivity index (χ4v) is 3.16. The highest BCUT2D eigenvalue weighted by Gasteiger charge is 2.11. The van der Waals surface area contributed by atoms with Crippen LogP contribution in [0.1, 0.15) is 15.9 Å². The highest BCUT2D eigenvalue weighted by atomic mass is 16.4. The number of rotatable bonds is 4. The van der Waals surface area contributed by atoms with Crippen molar-refractivity contribution in [1.82, 2.24) is 4.98 Å². The molecule has 136 valence electrons. The number of hydrogen-bond donors (Lipinski definition) is 1. The molecule has 0 fully saturated rings. The van der Waals surface area contributed by atoms with Gasteiger partial charge in [0.25, 0.3) is 0 Å². The Morgan fingerprint density at radius 3 is 2.00 bits per heavy atom. The van der Waals surface area contributed by atoms with Crippen LogP contribution in [0.4, 0.5) is 0 Å². The van der Waals surface area contributed by atoms with Crippen molar-refractivity contribution in [2.75, 3.05) is 0 Å². The number of nitrogens with zero attached hydrogens (tertiary/aromatic N) is 1. The molecule has 4 rings (SSSR count). The molecule has 0 atom stereocenters. The average Bonchev–Trinajstić information content (AvgIpc) is 2.74. The lowest BCUT2D eigenvalue weighted by molar-refractivity contribution is 0.0697. The highest BCUT2D eigenvalue weighted by molar-refractivity contribution is 5.89. The fourth-order valence-electron chi connectivity index (χ4n) is 3.16. The highest BCUT2D eigenvalue weighted by Crippen LogP contribution is 2.30. The summed E-state index contributed by atoms with van der Waals surface area (Å²) in [5.41, 5.74) is 7.01. The van der Waals surface area contributed by atoms with Crippen LogP contribution in [0.3, 0.4) is 0 Å². The minimum atomic E-state index is -0.945. The maximum atomic E-state index is 11.4. The van der Waals surface area contributed by atoms with Crippen molar-refractivity contribution in [3.63, 3.8) is 0 Å². The Kier molecular flexibility index (Phi) is 4.73. The summed E-state index contributed by atoms with van der Waals surface area (Å²) in [6.45, 7) is 2.06. The van der Waals surface area contributed by atoms with Crippen LogP contribution in [-0.4, -0.2) is 16.1 Å². The molecule has 0 aliphatic carbocycles. The summed E-state index contributed by atoms with van der Waals surface area (Å²) >= 11 is 0. The molecule has 0 saturated heterocycles. The van der Waals surface area contributed by atoms with Crippen LogP contribution in [0.25, 0.3) is 33.6 Å². The second-order valence-electron chi connectivity index (χ2n) is 6.74. The van der Waals surface area contributed by atoms with Gasteiger partial charge in [-0.25, -0.2) is 9.78 Å². The predicted molar refractivity (Wildman–Crippen MR) is 112 cm³/mol. The van der Waals surface area contributed by atoms with Gasteiger partial charge in [-0.2, -0.15) is 0 Å². The third-order valence-corrected chi connectivity index (χ3v) is 4.69. The largest absolute Gasteiger partial charge is 0.478 e. The van der Waals surface area contributed by atoms with Gasteiger partial charge < -0.3 is 5.11 Å². The van der Waals surface area contributed by atoms with Gasteiger partial charge in [0.1, 0.15) is 0 Å². The Morgan fingerprint density at radius 2 is 1.32 bits per heavy atom. The van der Waals surface area contributed by atoms with Gasteiger partial charge in [-0.1, -0.05) is 72.3 Å². The average molecular weight is 365 g/mol. The summed E-state index contributed by atoms with van der Waals surface area (Å²) in [4.78, 5) is 16.2. The number of benzene rings is 3. The molecule has 1 N–H and O–H groups in total. The Bertz CT molecular complexity index is 1130. The van der Waals surface area contributed by atoms with Crippen LogP contribution in [0.2, 0.25) is 0 Å². The molecule has 0 spiro atoms. The van der Waals surface area contributed by atoms with Gasteiger partial charge in [-0.15, -0.1) is 0 Å². The van der Waals surface area contributed by atoms with Crippen molar-refractivity contribution < 1.29 is 9.90 Å². The Labute approximate surface area is 164 Å². The van der Waals surface area contributed by atoms with Crippen molar-refractivity contribution in [2.24, 2.45) is 0 Å². The number of aromatic nitrogens is 1. The van der Waals surface area contributed by atoms with E-state index >= 15 is 0 Å². The zero-order valence-electron chi connectivity index (χ0n) is 15.5. The predicted octanol–water partition coefficient (Wildman–Crippen LogP) is 6.09. The number of carboxylic acids is 1. The number of aromatic carboxylic acids is 1. The van der Waals surface area contributed by atoms with Crippen molar-refractivity contribution in [2.45, 2.75) is 6.92 Å². The lowest BCUT2D eigenvalue weighted by atomic mass is 9.99. The summed E-state index contributed by atoms with van der Waals surface area (Å²) in [5, 5.41) is 9.33. The molecule has 3 nitrogen and oxygen atoms in total. The first-order valence-electron chi connectivity index (χ1n) is 9.08. The minimum Gasteiger partial charge on any atom is -0.478 e. The van der Waals surface area contributed by atoms with Gasteiger partial charge in [-0.05, 0) is 42.3 Å². The molecule has 3 heteroatoms. The third-order valence-electron chi connectivity index (χ3n) is 4.69. The van der Waals surface area contributed by atoms with E-state index in [1.54, 1.807) is 18.2 Å². The molecule has 28 heavy (non-hydrogen) atoms. The van der Waals surface area contributed by atoms with Gasteiger partial charge in [0, 0.05) is 11.1 Å². The van der Waals surface area contributed by atoms with Gasteiger partial charge >= 0.3 is 5.97 Å². The Balaban J connectivity index is 1.90. The molecule has 0 saturated carbocycles. The smallest absolute Gasteiger partial charge is 0.335 e. The van der Waals surface area contributed by atoms with Crippen LogP contribution in [0.5, 0.6) is 0 Å². The molecular formula is C25H19NO2. The first-order valence-corrected chi connectivity index (χ1v) is 9.08. The van der Waals surface area contributed by atoms with Crippen LogP contribution >= 0.6 is 0 Å². The van der Waals surface area contributed by atoms with E-state index in [4.69, 9.17) is 4.98 Å². The molecular weight excluding hydrogens is 346 g/mol. The molecule has 0 amide bonds. The maximum absolute atomic E-state index is 11.4. The van der Waals surface area contributed by atoms with E-state index in [2.05, 4.69) is 37.3 Å². The molecule has 3 aromatic carbocycles. The number of hydrogen-bond acceptors (Lipinski definition) is 2. The fraction of sp³-hybridized carbons (Fsp3) is 0.0400. The Morgan fingerprint density at radius 1 is 0.679 bits per heavy atom. The van der Waals surface area contributed by atoms with E-state index < -0.39 is 5.97 Å². The van der Waals surface area contributed by atoms with Gasteiger partial charge in [-0.3, -0.25) is 0 Å². The minimum absolute atomic E-state index is 0.251. The van der Waals surface area contributed by atoms with E-state index in [0.29, 0.717) is 0 Å². The normalized spacial score (nSPS) is 10.6. The van der Waals surface area contributed by atoms with Crippen molar-refractivity contribution in [3.8, 4) is 33.6 Å². The van der Waals surface area contributed by atoms with Crippen LogP contribution in [0.15, 0.2) is 91.0 Å². The summed E-state index contributed by atoms with van der Waals surface area (Å²) in [7, 11) is 0. The molecule has 4 aromatic rings. The molecule has 1 aromatic heterocycles. The number of carbonyl (C=O) groups is 1. The van der Waals surface area contributed by atoms with Crippen molar-refractivity contribution >= 4 is 5.97 Å². The number of pyridine rings is 1. The Hall–Kier alpha value is -3.72. The summed E-state index contributed by atoms with van der Waals surface area (Å²) < 4.78 is 0. The molecule has 0 aliphatic heterocycles. The van der Waals surface area contributed by atoms with Crippen LogP contribution in [0, 0.1) is 6.92 Å². The number of aryl methyl sites for hydroxylation is 1. The summed E-state index contributed by atoms with van der Waals surface area (Å²) in [5.74, 6) is -0.945. The van der Waals surface area contributed by atoms with Crippen LogP contribution < -0.4 is 0 Å². The molecule has 0 aliphatic rings. The van der Waals surface area contributed by atoms with E-state index in [0.717, 1.165) is 33.6 Å². The quantitative estimate of drug-likeness (QED) is 0.476. The van der Waals surface area contributed by atoms with E-state index in [1.807, 2.05) is 42.5 Å². The SMILES string of the molecule is Cc1ccc(-c2cc(-c3ccccc3)nc(-c3cccc(C(=O)O)c3)c2)cc1. The number of carboxylic acid groups (broad SMARTS) is 1. The zero-order chi connectivity index (χ0) is 19.5. The first-order chi connectivity index (χ1) is 13.6. The zero-order valence-corrected chi connectivity index (χ0v) is 15.5. The standard InChI is InChI=1S/C25H19NO2/c1-17-10-12-18(13-11-17)22-15-23(19-6-3-2-4-7-19)26-24(16-22)20-8-5-9-21(14-20)25(27)28/h2-16H,1H3,(H,27,28). The summed E-state index contributed by atoms with van der Waals surface area (Å²) in [6, 6.07) is 29.3. The third kappa shape index (κ3) is 3.69. The van der Waals surface area contributed by atoms with E-state index in [-0.39, 0.29) is 5.56 Å². The van der Waals surface area contributed by atoms with Crippen molar-refractivity contribution in [3.05, 3.63) is 102 Å². The first kappa shape index (κ1) is 17.7. The topological polar surface area (TPSA) is 50.2 Å². The van der Waals surface area contributed by atoms with E-state index in [1.165, 1.54) is 5.56 Å².